The predicted molar refractivity (Wildman–Crippen MR) is 107 cm³/mol. The molecule has 0 spiro atoms. The van der Waals surface area contributed by atoms with Crippen molar-refractivity contribution in [3.05, 3.63) is 36.4 Å². The van der Waals surface area contributed by atoms with Gasteiger partial charge in [-0.1, -0.05) is 0 Å². The molecule has 5 atom stereocenters. The Kier molecular flexibility index (Phi) is 5.67. The van der Waals surface area contributed by atoms with Crippen LogP contribution in [0, 0.1) is 0 Å². The van der Waals surface area contributed by atoms with Gasteiger partial charge in [-0.3, -0.25) is 0 Å². The lowest BCUT2D eigenvalue weighted by Crippen LogP contribution is -2.60. The first-order valence-electron chi connectivity index (χ1n) is 9.52. The van der Waals surface area contributed by atoms with Gasteiger partial charge in [0, 0.05) is 18.2 Å². The number of phenolic OH excluding ortho intramolecular Hbond substituents is 4. The summed E-state index contributed by atoms with van der Waals surface area (Å²) >= 11 is 0. The topological polar surface area (TPSA) is 192 Å². The average molecular weight is 449 g/mol. The van der Waals surface area contributed by atoms with Crippen LogP contribution in [0.5, 0.6) is 28.7 Å². The Morgan fingerprint density at radius 1 is 0.844 bits per heavy atom. The van der Waals surface area contributed by atoms with Crippen molar-refractivity contribution < 1.29 is 54.7 Å². The first kappa shape index (κ1) is 21.9. The van der Waals surface area contributed by atoms with E-state index in [1.165, 1.54) is 30.3 Å². The molecular formula is C21H21O11+. The number of hydrogen-bond donors (Lipinski definition) is 8. The van der Waals surface area contributed by atoms with E-state index in [-0.39, 0.29) is 45.3 Å². The average Bonchev–Trinajstić information content (AvgIpc) is 2.76. The third kappa shape index (κ3) is 3.83. The fourth-order valence-electron chi connectivity index (χ4n) is 3.43. The number of rotatable bonds is 4. The second-order valence-corrected chi connectivity index (χ2v) is 7.34. The number of aromatic hydroxyl groups is 4. The second-order valence-electron chi connectivity index (χ2n) is 7.34. The Hall–Kier alpha value is -3.35. The number of aliphatic hydroxyl groups excluding tert-OH is 4. The molecule has 0 amide bonds. The maximum Gasteiger partial charge on any atom is 0.402 e. The van der Waals surface area contributed by atoms with Gasteiger partial charge in [0.15, 0.2) is 11.5 Å². The van der Waals surface area contributed by atoms with Crippen LogP contribution in [-0.4, -0.2) is 78.2 Å². The summed E-state index contributed by atoms with van der Waals surface area (Å²) in [6.45, 7) is -0.661. The number of ether oxygens (including phenoxy) is 2. The van der Waals surface area contributed by atoms with Gasteiger partial charge in [0.05, 0.1) is 18.2 Å². The summed E-state index contributed by atoms with van der Waals surface area (Å²) < 4.78 is 16.8. The van der Waals surface area contributed by atoms with Crippen molar-refractivity contribution in [2.75, 3.05) is 6.61 Å². The molecule has 32 heavy (non-hydrogen) atoms. The standard InChI is InChI=1S/C21H20O11/c22-7-16-17(27)18(28)19(29)21(32-16)31-15-6-10-12(25)4-9(23)5-14(10)30-20(15)8-1-2-11(24)13(26)3-8/h1-6,16-19,21-22,27-29H,7H2,(H3-,23,24,25,26)/p+1/t16-,17-,18+,19-,21+/m1/s1. The number of fused-ring (bicyclic) bond motifs is 1. The summed E-state index contributed by atoms with van der Waals surface area (Å²) in [6.07, 6.45) is -7.76. The highest BCUT2D eigenvalue weighted by Gasteiger charge is 2.45. The third-order valence-corrected chi connectivity index (χ3v) is 5.15. The lowest BCUT2D eigenvalue weighted by molar-refractivity contribution is -0.277. The van der Waals surface area contributed by atoms with Gasteiger partial charge in [-0.25, -0.2) is 4.42 Å². The Bertz CT molecular complexity index is 1150. The van der Waals surface area contributed by atoms with Gasteiger partial charge in [-0.15, -0.1) is 0 Å². The van der Waals surface area contributed by atoms with Crippen LogP contribution in [0.2, 0.25) is 0 Å². The molecule has 0 bridgehead atoms. The van der Waals surface area contributed by atoms with Gasteiger partial charge in [0.25, 0.3) is 0 Å². The molecule has 0 unspecified atom stereocenters. The number of benzene rings is 2. The van der Waals surface area contributed by atoms with E-state index in [0.717, 1.165) is 6.07 Å². The molecule has 3 aromatic rings. The van der Waals surface area contributed by atoms with Gasteiger partial charge < -0.3 is 50.3 Å². The van der Waals surface area contributed by atoms with Crippen LogP contribution in [0.1, 0.15) is 0 Å². The Balaban J connectivity index is 1.84. The summed E-state index contributed by atoms with van der Waals surface area (Å²) in [4.78, 5) is 0. The molecule has 0 aliphatic carbocycles. The van der Waals surface area contributed by atoms with E-state index < -0.39 is 43.1 Å². The lowest BCUT2D eigenvalue weighted by Gasteiger charge is -2.39. The maximum absolute atomic E-state index is 10.3. The SMILES string of the molecule is OC[C@H]1O[C@H](Oc2cc3c(O)cc(O)cc3[o+]c2-c2ccc(O)c(O)c2)[C@H](O)[C@@H](O)[C@@H]1O. The summed E-state index contributed by atoms with van der Waals surface area (Å²) in [7, 11) is 0. The summed E-state index contributed by atoms with van der Waals surface area (Å²) in [5, 5.41) is 79.2. The molecule has 1 aromatic heterocycles. The van der Waals surface area contributed by atoms with Crippen molar-refractivity contribution in [1.29, 1.82) is 0 Å². The van der Waals surface area contributed by atoms with Crippen molar-refractivity contribution in [3.8, 4) is 40.1 Å². The van der Waals surface area contributed by atoms with Gasteiger partial charge in [0.1, 0.15) is 41.3 Å². The molecule has 1 aliphatic heterocycles. The van der Waals surface area contributed by atoms with Crippen molar-refractivity contribution in [2.24, 2.45) is 0 Å². The molecule has 4 rings (SSSR count). The maximum atomic E-state index is 10.3. The molecule has 0 saturated carbocycles. The molecule has 11 nitrogen and oxygen atoms in total. The molecule has 11 heteroatoms. The molecule has 8 N–H and O–H groups in total. The molecule has 2 heterocycles. The minimum absolute atomic E-state index is 0.0465. The summed E-state index contributed by atoms with van der Waals surface area (Å²) in [6, 6.07) is 7.37. The minimum Gasteiger partial charge on any atom is -0.507 e. The number of hydrogen-bond acceptors (Lipinski definition) is 10. The first-order chi connectivity index (χ1) is 15.2. The van der Waals surface area contributed by atoms with E-state index in [4.69, 9.17) is 13.9 Å². The molecule has 0 radical (unpaired) electrons. The summed E-state index contributed by atoms with van der Waals surface area (Å²) in [5.41, 5.74) is 0.260. The van der Waals surface area contributed by atoms with E-state index in [1.54, 1.807) is 0 Å². The van der Waals surface area contributed by atoms with Crippen LogP contribution in [0.3, 0.4) is 0 Å². The number of phenols is 4. The van der Waals surface area contributed by atoms with Gasteiger partial charge in [-0.05, 0) is 12.1 Å². The van der Waals surface area contributed by atoms with Crippen LogP contribution >= 0.6 is 0 Å². The highest BCUT2D eigenvalue weighted by molar-refractivity contribution is 5.88. The van der Waals surface area contributed by atoms with Crippen LogP contribution in [0.25, 0.3) is 22.3 Å². The quantitative estimate of drug-likeness (QED) is 0.203. The Morgan fingerprint density at radius 2 is 1.59 bits per heavy atom. The molecule has 1 saturated heterocycles. The van der Waals surface area contributed by atoms with Crippen LogP contribution in [0.15, 0.2) is 40.8 Å². The fraction of sp³-hybridized carbons (Fsp3) is 0.286. The smallest absolute Gasteiger partial charge is 0.402 e. The zero-order valence-corrected chi connectivity index (χ0v) is 16.4. The van der Waals surface area contributed by atoms with E-state index in [0.29, 0.717) is 0 Å². The van der Waals surface area contributed by atoms with Crippen molar-refractivity contribution >= 4 is 11.0 Å². The molecule has 1 fully saturated rings. The fourth-order valence-corrected chi connectivity index (χ4v) is 3.43. The van der Waals surface area contributed by atoms with E-state index in [2.05, 4.69) is 0 Å². The van der Waals surface area contributed by atoms with Gasteiger partial charge in [-0.2, -0.15) is 0 Å². The summed E-state index contributed by atoms with van der Waals surface area (Å²) in [5.74, 6) is -1.64. The zero-order valence-electron chi connectivity index (χ0n) is 16.4. The number of aliphatic hydroxyl groups is 4. The Labute approximate surface area is 180 Å². The predicted octanol–water partition coefficient (Wildman–Crippen LogP) is 0.382. The highest BCUT2D eigenvalue weighted by Crippen LogP contribution is 2.42. The minimum atomic E-state index is -1.71. The lowest BCUT2D eigenvalue weighted by atomic mass is 9.99. The van der Waals surface area contributed by atoms with Crippen LogP contribution in [-0.2, 0) is 4.74 Å². The molecule has 1 aliphatic rings. The zero-order chi connectivity index (χ0) is 23.2. The first-order valence-corrected chi connectivity index (χ1v) is 9.52. The molecular weight excluding hydrogens is 428 g/mol. The van der Waals surface area contributed by atoms with Gasteiger partial charge >= 0.3 is 11.3 Å². The van der Waals surface area contributed by atoms with E-state index in [9.17, 15) is 40.9 Å². The van der Waals surface area contributed by atoms with Crippen LogP contribution in [0.4, 0.5) is 0 Å². The second kappa shape index (κ2) is 8.30. The van der Waals surface area contributed by atoms with Crippen molar-refractivity contribution in [2.45, 2.75) is 30.7 Å². The molecule has 170 valence electrons. The van der Waals surface area contributed by atoms with E-state index >= 15 is 0 Å². The normalized spacial score (nSPS) is 25.7. The Morgan fingerprint density at radius 3 is 2.28 bits per heavy atom. The monoisotopic (exact) mass is 449 g/mol. The van der Waals surface area contributed by atoms with E-state index in [1.807, 2.05) is 0 Å². The molecule has 2 aromatic carbocycles. The van der Waals surface area contributed by atoms with Crippen molar-refractivity contribution in [1.82, 2.24) is 0 Å². The van der Waals surface area contributed by atoms with Gasteiger partial charge in [0.2, 0.25) is 12.0 Å². The highest BCUT2D eigenvalue weighted by atomic mass is 16.7. The van der Waals surface area contributed by atoms with Crippen LogP contribution < -0.4 is 4.74 Å². The van der Waals surface area contributed by atoms with Crippen molar-refractivity contribution in [3.63, 3.8) is 0 Å². The third-order valence-electron chi connectivity index (χ3n) is 5.15. The largest absolute Gasteiger partial charge is 0.507 e.